The molecule has 1 fully saturated rings. The summed E-state index contributed by atoms with van der Waals surface area (Å²) in [4.78, 5) is 0. The molecule has 0 radical (unpaired) electrons. The average Bonchev–Trinajstić information content (AvgIpc) is 3.02. The highest BCUT2D eigenvalue weighted by molar-refractivity contribution is 8.00. The standard InChI is InChI=1S/C38H57ClO4S/c1-7-11-21-40-27-34-35(41-22-12-8-2)36(42-23-13-9-3)37(43-24-14-10-4)38(44-34)31-19-20-33(39)32(26-31)25-29-15-17-30(18-16-29)28(5)6/h15-20,26,34-38H,5,7-14,21-25,27H2,1-4,6H3/t34-,35-,36+,37-,38+/m1/s1. The third-order valence-electron chi connectivity index (χ3n) is 8.22. The zero-order valence-electron chi connectivity index (χ0n) is 28.0. The maximum Gasteiger partial charge on any atom is 0.112 e. The molecule has 6 heteroatoms. The molecule has 5 atom stereocenters. The molecule has 3 rings (SSSR count). The molecule has 0 saturated carbocycles. The second kappa shape index (κ2) is 20.7. The van der Waals surface area contributed by atoms with Crippen molar-refractivity contribution in [3.8, 4) is 0 Å². The van der Waals surface area contributed by atoms with Crippen LogP contribution in [0.3, 0.4) is 0 Å². The lowest BCUT2D eigenvalue weighted by Gasteiger charge is -2.46. The minimum Gasteiger partial charge on any atom is -0.380 e. The molecule has 1 aliphatic heterocycles. The van der Waals surface area contributed by atoms with Crippen molar-refractivity contribution in [1.29, 1.82) is 0 Å². The van der Waals surface area contributed by atoms with Crippen LogP contribution in [0.2, 0.25) is 5.02 Å². The first kappa shape index (κ1) is 37.1. The number of unbranched alkanes of at least 4 members (excludes halogenated alkanes) is 4. The third-order valence-corrected chi connectivity index (χ3v) is 10.2. The maximum atomic E-state index is 6.82. The van der Waals surface area contributed by atoms with Crippen molar-refractivity contribution in [3.63, 3.8) is 0 Å². The molecule has 2 aromatic rings. The number of halogens is 1. The highest BCUT2D eigenvalue weighted by Gasteiger charge is 2.48. The molecule has 0 N–H and O–H groups in total. The van der Waals surface area contributed by atoms with Gasteiger partial charge < -0.3 is 18.9 Å². The Labute approximate surface area is 277 Å². The second-order valence-electron chi connectivity index (χ2n) is 12.1. The van der Waals surface area contributed by atoms with E-state index in [4.69, 9.17) is 30.5 Å². The quantitative estimate of drug-likeness (QED) is 0.126. The topological polar surface area (TPSA) is 36.9 Å². The molecule has 2 aromatic carbocycles. The zero-order chi connectivity index (χ0) is 31.7. The SMILES string of the molecule is C=C(C)c1ccc(Cc2cc([C@@H]3S[C@H](COCCCC)[C@@H](OCCCC)[C@H](OCCCC)[C@H]3OCCCC)ccc2Cl)cc1. The molecule has 0 aliphatic carbocycles. The van der Waals surface area contributed by atoms with Crippen LogP contribution in [0.15, 0.2) is 49.0 Å². The normalized spacial score (nSPS) is 21.9. The molecule has 0 bridgehead atoms. The molecular weight excluding hydrogens is 588 g/mol. The van der Waals surface area contributed by atoms with Crippen LogP contribution < -0.4 is 0 Å². The number of rotatable bonds is 21. The Balaban J connectivity index is 1.98. The summed E-state index contributed by atoms with van der Waals surface area (Å²) in [5.41, 5.74) is 5.82. The van der Waals surface area contributed by atoms with E-state index in [1.165, 1.54) is 11.1 Å². The van der Waals surface area contributed by atoms with Crippen LogP contribution in [-0.4, -0.2) is 56.6 Å². The highest BCUT2D eigenvalue weighted by atomic mass is 35.5. The predicted molar refractivity (Wildman–Crippen MR) is 189 cm³/mol. The van der Waals surface area contributed by atoms with Crippen LogP contribution >= 0.6 is 23.4 Å². The monoisotopic (exact) mass is 644 g/mol. The van der Waals surface area contributed by atoms with E-state index in [9.17, 15) is 0 Å². The van der Waals surface area contributed by atoms with Gasteiger partial charge in [-0.3, -0.25) is 0 Å². The summed E-state index contributed by atoms with van der Waals surface area (Å²) in [6, 6.07) is 15.2. The lowest BCUT2D eigenvalue weighted by molar-refractivity contribution is -0.149. The first-order valence-electron chi connectivity index (χ1n) is 17.0. The number of benzene rings is 2. The van der Waals surface area contributed by atoms with Gasteiger partial charge in [-0.25, -0.2) is 0 Å². The summed E-state index contributed by atoms with van der Waals surface area (Å²) in [7, 11) is 0. The van der Waals surface area contributed by atoms with Crippen LogP contribution in [0.25, 0.3) is 5.57 Å². The van der Waals surface area contributed by atoms with Crippen molar-refractivity contribution in [2.75, 3.05) is 33.0 Å². The van der Waals surface area contributed by atoms with Crippen LogP contribution in [-0.2, 0) is 25.4 Å². The average molecular weight is 645 g/mol. The van der Waals surface area contributed by atoms with Crippen molar-refractivity contribution in [2.24, 2.45) is 0 Å². The molecule has 246 valence electrons. The highest BCUT2D eigenvalue weighted by Crippen LogP contribution is 2.47. The van der Waals surface area contributed by atoms with Gasteiger partial charge >= 0.3 is 0 Å². The van der Waals surface area contributed by atoms with E-state index in [0.717, 1.165) is 92.7 Å². The molecule has 4 nitrogen and oxygen atoms in total. The Morgan fingerprint density at radius 2 is 1.32 bits per heavy atom. The summed E-state index contributed by atoms with van der Waals surface area (Å²) >= 11 is 8.76. The molecule has 0 amide bonds. The van der Waals surface area contributed by atoms with Gasteiger partial charge in [-0.2, -0.15) is 0 Å². The van der Waals surface area contributed by atoms with Gasteiger partial charge in [-0.05, 0) is 67.3 Å². The van der Waals surface area contributed by atoms with E-state index < -0.39 is 0 Å². The Morgan fingerprint density at radius 1 is 0.750 bits per heavy atom. The Kier molecular flexibility index (Phi) is 17.5. The fourth-order valence-corrected chi connectivity index (χ4v) is 7.28. The Morgan fingerprint density at radius 3 is 1.91 bits per heavy atom. The summed E-state index contributed by atoms with van der Waals surface area (Å²) in [6.45, 7) is 18.5. The molecule has 1 saturated heterocycles. The van der Waals surface area contributed by atoms with E-state index in [1.54, 1.807) is 0 Å². The van der Waals surface area contributed by atoms with Crippen molar-refractivity contribution in [2.45, 2.75) is 121 Å². The van der Waals surface area contributed by atoms with Crippen LogP contribution in [0.4, 0.5) is 0 Å². The fraction of sp³-hybridized carbons (Fsp3) is 0.632. The van der Waals surface area contributed by atoms with E-state index in [-0.39, 0.29) is 28.8 Å². The number of thioether (sulfide) groups is 1. The molecule has 44 heavy (non-hydrogen) atoms. The second-order valence-corrected chi connectivity index (χ2v) is 13.9. The minimum absolute atomic E-state index is 0.0751. The number of ether oxygens (including phenoxy) is 4. The summed E-state index contributed by atoms with van der Waals surface area (Å²) in [5.74, 6) is 0. The van der Waals surface area contributed by atoms with Crippen molar-refractivity contribution in [1.82, 2.24) is 0 Å². The van der Waals surface area contributed by atoms with Gasteiger partial charge in [0.05, 0.1) is 17.1 Å². The molecule has 0 spiro atoms. The lowest BCUT2D eigenvalue weighted by Crippen LogP contribution is -2.55. The van der Waals surface area contributed by atoms with Crippen LogP contribution in [0.5, 0.6) is 0 Å². The minimum atomic E-state index is -0.171. The van der Waals surface area contributed by atoms with E-state index in [0.29, 0.717) is 19.8 Å². The van der Waals surface area contributed by atoms with E-state index in [1.807, 2.05) is 18.7 Å². The van der Waals surface area contributed by atoms with Crippen molar-refractivity contribution in [3.05, 3.63) is 76.3 Å². The van der Waals surface area contributed by atoms with Gasteiger partial charge in [0, 0.05) is 31.5 Å². The van der Waals surface area contributed by atoms with Gasteiger partial charge in [0.2, 0.25) is 0 Å². The number of allylic oxidation sites excluding steroid dienone is 1. The molecule has 1 aliphatic rings. The summed E-state index contributed by atoms with van der Waals surface area (Å²) in [6.07, 6.45) is 8.91. The van der Waals surface area contributed by atoms with Crippen LogP contribution in [0, 0.1) is 0 Å². The number of hydrogen-bond donors (Lipinski definition) is 0. The van der Waals surface area contributed by atoms with Gasteiger partial charge in [-0.15, -0.1) is 11.8 Å². The van der Waals surface area contributed by atoms with E-state index >= 15 is 0 Å². The third kappa shape index (κ3) is 11.5. The molecule has 1 heterocycles. The summed E-state index contributed by atoms with van der Waals surface area (Å²) in [5, 5.41) is 1.00. The first-order chi connectivity index (χ1) is 21.4. The first-order valence-corrected chi connectivity index (χ1v) is 18.4. The predicted octanol–water partition coefficient (Wildman–Crippen LogP) is 10.5. The van der Waals surface area contributed by atoms with Crippen LogP contribution in [0.1, 0.15) is 113 Å². The summed E-state index contributed by atoms with van der Waals surface area (Å²) < 4.78 is 26.5. The molecule has 0 unspecified atom stereocenters. The van der Waals surface area contributed by atoms with Crippen molar-refractivity contribution >= 4 is 28.9 Å². The van der Waals surface area contributed by atoms with Crippen molar-refractivity contribution < 1.29 is 18.9 Å². The Hall–Kier alpha value is -1.34. The fourth-order valence-electron chi connectivity index (χ4n) is 5.46. The van der Waals surface area contributed by atoms with Gasteiger partial charge in [0.25, 0.3) is 0 Å². The largest absolute Gasteiger partial charge is 0.380 e. The van der Waals surface area contributed by atoms with Gasteiger partial charge in [0.15, 0.2) is 0 Å². The Bertz CT molecular complexity index is 1090. The van der Waals surface area contributed by atoms with Gasteiger partial charge in [-0.1, -0.05) is 114 Å². The lowest BCUT2D eigenvalue weighted by atomic mass is 9.94. The zero-order valence-corrected chi connectivity index (χ0v) is 29.5. The molecular formula is C38H57ClO4S. The maximum absolute atomic E-state index is 6.82. The number of hydrogen-bond acceptors (Lipinski definition) is 5. The molecule has 0 aromatic heterocycles. The smallest absolute Gasteiger partial charge is 0.112 e. The van der Waals surface area contributed by atoms with E-state index in [2.05, 4.69) is 76.7 Å². The van der Waals surface area contributed by atoms with Gasteiger partial charge in [0.1, 0.15) is 18.3 Å².